The van der Waals surface area contributed by atoms with E-state index >= 15 is 0 Å². The quantitative estimate of drug-likeness (QED) is 0.167. The van der Waals surface area contributed by atoms with Crippen LogP contribution < -0.4 is 0 Å². The van der Waals surface area contributed by atoms with Gasteiger partial charge < -0.3 is 4.57 Å². The SMILES string of the molecule is [C-]#[N+]c1cc(C#N)cc(-n2c3ccc(-c4ccc5sc(-c6ccccc6)nc5c4)cc3c3cc(-c4ccc5sc(-c6ccccc6)nc5c4)ccc32)c1. The van der Waals surface area contributed by atoms with E-state index in [4.69, 9.17) is 16.5 Å². The van der Waals surface area contributed by atoms with Crippen molar-refractivity contribution in [3.05, 3.63) is 169 Å². The van der Waals surface area contributed by atoms with Crippen LogP contribution in [0, 0.1) is 17.9 Å². The highest BCUT2D eigenvalue weighted by molar-refractivity contribution is 7.22. The van der Waals surface area contributed by atoms with Crippen LogP contribution in [0.1, 0.15) is 5.56 Å². The van der Waals surface area contributed by atoms with Crippen LogP contribution in [-0.4, -0.2) is 14.5 Å². The van der Waals surface area contributed by atoms with E-state index in [9.17, 15) is 5.26 Å². The predicted octanol–water partition coefficient (Wildman–Crippen LogP) is 13.1. The smallest absolute Gasteiger partial charge is 0.190 e. The first-order chi connectivity index (χ1) is 26.1. The van der Waals surface area contributed by atoms with Gasteiger partial charge in [0.05, 0.1) is 44.1 Å². The summed E-state index contributed by atoms with van der Waals surface area (Å²) < 4.78 is 4.46. The largest absolute Gasteiger partial charge is 0.310 e. The number of rotatable bonds is 5. The summed E-state index contributed by atoms with van der Waals surface area (Å²) in [6.07, 6.45) is 0. The van der Waals surface area contributed by atoms with Gasteiger partial charge in [0, 0.05) is 33.2 Å². The third-order valence-electron chi connectivity index (χ3n) is 9.67. The second-order valence-electron chi connectivity index (χ2n) is 12.9. The van der Waals surface area contributed by atoms with Gasteiger partial charge >= 0.3 is 0 Å². The molecule has 3 aromatic heterocycles. The van der Waals surface area contributed by atoms with Crippen molar-refractivity contribution >= 4 is 70.6 Å². The van der Waals surface area contributed by atoms with E-state index in [0.29, 0.717) is 11.3 Å². The van der Waals surface area contributed by atoms with Gasteiger partial charge in [-0.2, -0.15) is 5.26 Å². The van der Waals surface area contributed by atoms with Gasteiger partial charge in [0.15, 0.2) is 5.69 Å². The second kappa shape index (κ2) is 12.4. The van der Waals surface area contributed by atoms with Crippen molar-refractivity contribution in [3.8, 4) is 55.2 Å². The number of hydrogen-bond acceptors (Lipinski definition) is 5. The number of thiazole rings is 2. The molecule has 0 spiro atoms. The molecular weight excluding hydrogens is 687 g/mol. The Hall–Kier alpha value is -6.90. The van der Waals surface area contributed by atoms with Crippen molar-refractivity contribution in [2.24, 2.45) is 0 Å². The molecule has 246 valence electrons. The van der Waals surface area contributed by atoms with Crippen molar-refractivity contribution in [3.63, 3.8) is 0 Å². The lowest BCUT2D eigenvalue weighted by atomic mass is 10.00. The Morgan fingerprint density at radius 3 is 1.51 bits per heavy atom. The molecule has 0 saturated heterocycles. The zero-order valence-corrected chi connectivity index (χ0v) is 29.6. The Bertz CT molecular complexity index is 2930. The second-order valence-corrected chi connectivity index (χ2v) is 15.0. The van der Waals surface area contributed by atoms with Gasteiger partial charge in [0.2, 0.25) is 0 Å². The lowest BCUT2D eigenvalue weighted by Crippen LogP contribution is -1.94. The summed E-state index contributed by atoms with van der Waals surface area (Å²) in [4.78, 5) is 13.7. The molecule has 0 aliphatic carbocycles. The average Bonchev–Trinajstić information content (AvgIpc) is 3.94. The summed E-state index contributed by atoms with van der Waals surface area (Å²) >= 11 is 3.41. The molecule has 0 aliphatic rings. The average molecular weight is 712 g/mol. The Morgan fingerprint density at radius 2 is 1.02 bits per heavy atom. The summed E-state index contributed by atoms with van der Waals surface area (Å²) in [7, 11) is 0. The van der Waals surface area contributed by atoms with Crippen LogP contribution in [0.2, 0.25) is 0 Å². The predicted molar refractivity (Wildman–Crippen MR) is 220 cm³/mol. The maximum absolute atomic E-state index is 9.84. The fourth-order valence-corrected chi connectivity index (χ4v) is 9.04. The van der Waals surface area contributed by atoms with Crippen LogP contribution in [0.5, 0.6) is 0 Å². The first-order valence-electron chi connectivity index (χ1n) is 17.1. The molecule has 0 saturated carbocycles. The fourth-order valence-electron chi connectivity index (χ4n) is 7.14. The number of nitriles is 1. The number of nitrogens with zero attached hydrogens (tertiary/aromatic N) is 5. The van der Waals surface area contributed by atoms with Crippen LogP contribution in [0.25, 0.3) is 96.2 Å². The maximum atomic E-state index is 9.84. The molecule has 0 fully saturated rings. The van der Waals surface area contributed by atoms with E-state index in [1.165, 1.54) is 0 Å². The molecule has 0 amide bonds. The first-order valence-corrected chi connectivity index (χ1v) is 18.7. The lowest BCUT2D eigenvalue weighted by molar-refractivity contribution is 1.18. The minimum atomic E-state index is 0.431. The van der Waals surface area contributed by atoms with Crippen LogP contribution in [0.3, 0.4) is 0 Å². The topological polar surface area (TPSA) is 58.9 Å². The van der Waals surface area contributed by atoms with Gasteiger partial charge in [-0.05, 0) is 89.0 Å². The van der Waals surface area contributed by atoms with E-state index in [1.807, 2.05) is 48.5 Å². The Labute approximate surface area is 312 Å². The summed E-state index contributed by atoms with van der Waals surface area (Å²) in [5, 5.41) is 14.0. The van der Waals surface area contributed by atoms with Gasteiger partial charge in [-0.15, -0.1) is 22.7 Å². The van der Waals surface area contributed by atoms with E-state index in [0.717, 1.165) is 91.3 Å². The van der Waals surface area contributed by atoms with Gasteiger partial charge in [-0.3, -0.25) is 0 Å². The number of hydrogen-bond donors (Lipinski definition) is 0. The minimum absolute atomic E-state index is 0.431. The monoisotopic (exact) mass is 711 g/mol. The highest BCUT2D eigenvalue weighted by atomic mass is 32.1. The molecule has 7 heteroatoms. The first kappa shape index (κ1) is 30.9. The molecule has 10 rings (SSSR count). The van der Waals surface area contributed by atoms with Crippen LogP contribution in [0.15, 0.2) is 152 Å². The summed E-state index contributed by atoms with van der Waals surface area (Å²) in [6.45, 7) is 7.72. The van der Waals surface area contributed by atoms with Crippen LogP contribution >= 0.6 is 22.7 Å². The van der Waals surface area contributed by atoms with E-state index in [2.05, 4.69) is 113 Å². The van der Waals surface area contributed by atoms with E-state index in [-0.39, 0.29) is 0 Å². The molecule has 0 bridgehead atoms. The molecule has 5 nitrogen and oxygen atoms in total. The molecule has 0 unspecified atom stereocenters. The van der Waals surface area contributed by atoms with Gasteiger partial charge in [-0.1, -0.05) is 84.9 Å². The Morgan fingerprint density at radius 1 is 0.528 bits per heavy atom. The number of fused-ring (bicyclic) bond motifs is 5. The van der Waals surface area contributed by atoms with Crippen molar-refractivity contribution < 1.29 is 0 Å². The zero-order valence-electron chi connectivity index (χ0n) is 28.0. The molecule has 0 N–H and O–H groups in total. The molecular formula is C46H25N5S2. The summed E-state index contributed by atoms with van der Waals surface area (Å²) in [6, 6.07) is 54.3. The fraction of sp³-hybridized carbons (Fsp3) is 0. The number of aromatic nitrogens is 3. The van der Waals surface area contributed by atoms with Gasteiger partial charge in [0.1, 0.15) is 10.0 Å². The Kier molecular flexibility index (Phi) is 7.23. The normalized spacial score (nSPS) is 11.4. The molecule has 10 aromatic rings. The third kappa shape index (κ3) is 5.35. The van der Waals surface area contributed by atoms with Gasteiger partial charge in [-0.25, -0.2) is 14.8 Å². The highest BCUT2D eigenvalue weighted by Crippen LogP contribution is 2.40. The van der Waals surface area contributed by atoms with Crippen LogP contribution in [0.4, 0.5) is 5.69 Å². The minimum Gasteiger partial charge on any atom is -0.310 e. The summed E-state index contributed by atoms with van der Waals surface area (Å²) in [5.74, 6) is 0. The molecule has 3 heterocycles. The van der Waals surface area contributed by atoms with Crippen molar-refractivity contribution in [1.29, 1.82) is 5.26 Å². The van der Waals surface area contributed by atoms with E-state index < -0.39 is 0 Å². The molecule has 0 radical (unpaired) electrons. The molecule has 0 atom stereocenters. The molecule has 0 aliphatic heterocycles. The Balaban J connectivity index is 1.14. The van der Waals surface area contributed by atoms with Crippen molar-refractivity contribution in [2.75, 3.05) is 0 Å². The van der Waals surface area contributed by atoms with Crippen LogP contribution in [-0.2, 0) is 0 Å². The lowest BCUT2D eigenvalue weighted by Gasteiger charge is -2.10. The zero-order chi connectivity index (χ0) is 35.5. The molecule has 7 aromatic carbocycles. The van der Waals surface area contributed by atoms with Crippen molar-refractivity contribution in [2.45, 2.75) is 0 Å². The van der Waals surface area contributed by atoms with Crippen molar-refractivity contribution in [1.82, 2.24) is 14.5 Å². The highest BCUT2D eigenvalue weighted by Gasteiger charge is 2.17. The summed E-state index contributed by atoms with van der Waals surface area (Å²) in [5.41, 5.74) is 12.2. The maximum Gasteiger partial charge on any atom is 0.190 e. The van der Waals surface area contributed by atoms with E-state index in [1.54, 1.807) is 28.7 Å². The molecule has 53 heavy (non-hydrogen) atoms. The van der Waals surface area contributed by atoms with Gasteiger partial charge in [0.25, 0.3) is 0 Å². The number of benzene rings is 7. The standard InChI is InChI=1S/C46H25N5S2/c1-48-35-20-28(27-47)21-36(26-35)51-41-16-12-31(33-14-18-43-39(24-33)49-45(52-43)29-8-4-2-5-9-29)22-37(41)38-23-32(13-17-42(38)51)34-15-19-44-40(25-34)50-46(53-44)30-10-6-3-7-11-30/h2-26H. The third-order valence-corrected chi connectivity index (χ3v) is 11.8.